The molecule has 4 nitrogen and oxygen atoms in total. The van der Waals surface area contributed by atoms with E-state index in [4.69, 9.17) is 4.74 Å². The van der Waals surface area contributed by atoms with Gasteiger partial charge in [-0.15, -0.1) is 0 Å². The summed E-state index contributed by atoms with van der Waals surface area (Å²) in [6, 6.07) is 5.12. The topological polar surface area (TPSA) is 46.6 Å². The van der Waals surface area contributed by atoms with Crippen LogP contribution in [0.5, 0.6) is 0 Å². The zero-order valence-electron chi connectivity index (χ0n) is 11.9. The molecule has 0 radical (unpaired) electrons. The summed E-state index contributed by atoms with van der Waals surface area (Å²) in [7, 11) is 1.36. The van der Waals surface area contributed by atoms with E-state index in [2.05, 4.69) is 15.9 Å². The van der Waals surface area contributed by atoms with E-state index in [9.17, 15) is 9.59 Å². The van der Waals surface area contributed by atoms with Crippen molar-refractivity contribution in [3.8, 4) is 0 Å². The monoisotopic (exact) mass is 339 g/mol. The van der Waals surface area contributed by atoms with Gasteiger partial charge in [0.1, 0.15) is 6.04 Å². The first-order valence-corrected chi connectivity index (χ1v) is 7.40. The molecular weight excluding hydrogens is 322 g/mol. The number of ether oxygens (including phenoxy) is 1. The number of carbonyl (C=O) groups excluding carboxylic acids is 2. The second-order valence-electron chi connectivity index (χ2n) is 5.40. The fraction of sp³-hybridized carbons (Fsp3) is 0.467. The second kappa shape index (κ2) is 5.95. The molecule has 20 heavy (non-hydrogen) atoms. The smallest absolute Gasteiger partial charge is 0.328 e. The van der Waals surface area contributed by atoms with Crippen LogP contribution >= 0.6 is 15.9 Å². The molecular formula is C15H18BrNO3. The van der Waals surface area contributed by atoms with Crippen LogP contribution in [0, 0.1) is 5.92 Å². The maximum absolute atomic E-state index is 12.5. The molecule has 1 aliphatic heterocycles. The van der Waals surface area contributed by atoms with E-state index in [0.29, 0.717) is 24.4 Å². The average molecular weight is 340 g/mol. The third-order valence-electron chi connectivity index (χ3n) is 3.45. The molecule has 5 heteroatoms. The van der Waals surface area contributed by atoms with Gasteiger partial charge in [0, 0.05) is 16.6 Å². The lowest BCUT2D eigenvalue weighted by molar-refractivity contribution is -0.146. The van der Waals surface area contributed by atoms with Crippen molar-refractivity contribution in [2.45, 2.75) is 32.9 Å². The molecule has 0 aliphatic carbocycles. The van der Waals surface area contributed by atoms with E-state index < -0.39 is 6.04 Å². The Labute approximate surface area is 127 Å². The first kappa shape index (κ1) is 15.0. The van der Waals surface area contributed by atoms with Crippen molar-refractivity contribution in [3.05, 3.63) is 33.8 Å². The molecule has 1 atom stereocenters. The van der Waals surface area contributed by atoms with Crippen molar-refractivity contribution < 1.29 is 14.3 Å². The van der Waals surface area contributed by atoms with Crippen molar-refractivity contribution in [1.29, 1.82) is 0 Å². The fourth-order valence-electron chi connectivity index (χ4n) is 2.48. The third-order valence-corrected chi connectivity index (χ3v) is 3.94. The maximum atomic E-state index is 12.5. The van der Waals surface area contributed by atoms with Crippen LogP contribution < -0.4 is 0 Å². The molecule has 0 spiro atoms. The molecule has 0 bridgehead atoms. The fourth-order valence-corrected chi connectivity index (χ4v) is 2.84. The molecule has 1 aromatic rings. The number of hydrogen-bond acceptors (Lipinski definition) is 3. The summed E-state index contributed by atoms with van der Waals surface area (Å²) in [5, 5.41) is 0. The summed E-state index contributed by atoms with van der Waals surface area (Å²) in [5.41, 5.74) is 1.62. The van der Waals surface area contributed by atoms with Crippen LogP contribution in [-0.2, 0) is 16.1 Å². The first-order valence-electron chi connectivity index (χ1n) is 6.61. The van der Waals surface area contributed by atoms with E-state index in [-0.39, 0.29) is 11.9 Å². The van der Waals surface area contributed by atoms with Gasteiger partial charge in [0.05, 0.1) is 7.11 Å². The predicted octanol–water partition coefficient (Wildman–Crippen LogP) is 2.99. The number of rotatable bonds is 4. The number of amides is 1. The summed E-state index contributed by atoms with van der Waals surface area (Å²) in [6.07, 6.45) is 0.605. The summed E-state index contributed by atoms with van der Waals surface area (Å²) in [6.45, 7) is 4.52. The molecule has 0 saturated carbocycles. The van der Waals surface area contributed by atoms with Crippen molar-refractivity contribution in [2.24, 2.45) is 5.92 Å². The van der Waals surface area contributed by atoms with Crippen LogP contribution in [0.3, 0.4) is 0 Å². The largest absolute Gasteiger partial charge is 0.467 e. The van der Waals surface area contributed by atoms with E-state index in [0.717, 1.165) is 10.0 Å². The van der Waals surface area contributed by atoms with Crippen LogP contribution in [0.2, 0.25) is 0 Å². The molecule has 1 aromatic carbocycles. The molecule has 1 amide bonds. The van der Waals surface area contributed by atoms with Crippen molar-refractivity contribution in [2.75, 3.05) is 7.11 Å². The lowest BCUT2D eigenvalue weighted by atomic mass is 10.0. The van der Waals surface area contributed by atoms with Crippen LogP contribution in [-0.4, -0.2) is 29.9 Å². The number of fused-ring (bicyclic) bond motifs is 1. The Kier molecular flexibility index (Phi) is 4.48. The van der Waals surface area contributed by atoms with E-state index in [1.165, 1.54) is 7.11 Å². The van der Waals surface area contributed by atoms with Gasteiger partial charge in [-0.2, -0.15) is 0 Å². The van der Waals surface area contributed by atoms with Gasteiger partial charge in [-0.1, -0.05) is 35.8 Å². The number of esters is 1. The van der Waals surface area contributed by atoms with Crippen LogP contribution in [0.4, 0.5) is 0 Å². The van der Waals surface area contributed by atoms with Crippen molar-refractivity contribution >= 4 is 27.8 Å². The molecule has 0 aromatic heterocycles. The Bertz CT molecular complexity index is 542. The van der Waals surface area contributed by atoms with Gasteiger partial charge in [0.15, 0.2) is 0 Å². The highest BCUT2D eigenvalue weighted by Crippen LogP contribution is 2.29. The number of halogens is 1. The van der Waals surface area contributed by atoms with E-state index in [1.54, 1.807) is 11.0 Å². The average Bonchev–Trinajstić information content (AvgIpc) is 2.72. The Balaban J connectivity index is 2.29. The molecule has 1 unspecified atom stereocenters. The Morgan fingerprint density at radius 2 is 2.15 bits per heavy atom. The molecule has 0 N–H and O–H groups in total. The maximum Gasteiger partial charge on any atom is 0.328 e. The summed E-state index contributed by atoms with van der Waals surface area (Å²) >= 11 is 3.37. The van der Waals surface area contributed by atoms with Gasteiger partial charge in [0.2, 0.25) is 0 Å². The minimum Gasteiger partial charge on any atom is -0.467 e. The highest BCUT2D eigenvalue weighted by atomic mass is 79.9. The molecule has 1 heterocycles. The van der Waals surface area contributed by atoms with Gasteiger partial charge >= 0.3 is 5.97 Å². The van der Waals surface area contributed by atoms with Gasteiger partial charge in [-0.3, -0.25) is 4.79 Å². The van der Waals surface area contributed by atoms with E-state index >= 15 is 0 Å². The van der Waals surface area contributed by atoms with Crippen molar-refractivity contribution in [1.82, 2.24) is 4.90 Å². The lowest BCUT2D eigenvalue weighted by Crippen LogP contribution is -2.42. The van der Waals surface area contributed by atoms with Crippen LogP contribution in [0.15, 0.2) is 22.7 Å². The zero-order valence-corrected chi connectivity index (χ0v) is 13.4. The first-order chi connectivity index (χ1) is 9.43. The minimum atomic E-state index is -0.515. The third kappa shape index (κ3) is 2.87. The highest BCUT2D eigenvalue weighted by Gasteiger charge is 2.37. The molecule has 108 valence electrons. The summed E-state index contributed by atoms with van der Waals surface area (Å²) in [5.74, 6) is -0.140. The summed E-state index contributed by atoms with van der Waals surface area (Å²) in [4.78, 5) is 26.1. The normalized spacial score (nSPS) is 15.4. The van der Waals surface area contributed by atoms with Gasteiger partial charge in [0.25, 0.3) is 5.91 Å². The van der Waals surface area contributed by atoms with Gasteiger partial charge in [-0.05, 0) is 30.0 Å². The van der Waals surface area contributed by atoms with E-state index in [1.807, 2.05) is 26.0 Å². The zero-order chi connectivity index (χ0) is 14.9. The lowest BCUT2D eigenvalue weighted by Gasteiger charge is -2.26. The Hall–Kier alpha value is -1.36. The van der Waals surface area contributed by atoms with Crippen LogP contribution in [0.25, 0.3) is 0 Å². The van der Waals surface area contributed by atoms with Crippen LogP contribution in [0.1, 0.15) is 36.2 Å². The molecule has 2 rings (SSSR count). The minimum absolute atomic E-state index is 0.0997. The van der Waals surface area contributed by atoms with Gasteiger partial charge in [-0.25, -0.2) is 4.79 Å². The number of benzene rings is 1. The quantitative estimate of drug-likeness (QED) is 0.792. The number of methoxy groups -OCH3 is 1. The SMILES string of the molecule is COC(=O)C(CC(C)C)N1Cc2ccc(Br)cc2C1=O. The highest BCUT2D eigenvalue weighted by molar-refractivity contribution is 9.10. The predicted molar refractivity (Wildman–Crippen MR) is 79.3 cm³/mol. The summed E-state index contributed by atoms with van der Waals surface area (Å²) < 4.78 is 5.72. The second-order valence-corrected chi connectivity index (χ2v) is 6.32. The molecule has 0 fully saturated rings. The van der Waals surface area contributed by atoms with Gasteiger partial charge < -0.3 is 9.64 Å². The number of hydrogen-bond donors (Lipinski definition) is 0. The molecule has 1 aliphatic rings. The Morgan fingerprint density at radius 3 is 2.75 bits per heavy atom. The van der Waals surface area contributed by atoms with Crippen molar-refractivity contribution in [3.63, 3.8) is 0 Å². The number of nitrogens with zero attached hydrogens (tertiary/aromatic N) is 1. The standard InChI is InChI=1S/C15H18BrNO3/c1-9(2)6-13(15(19)20-3)17-8-10-4-5-11(16)7-12(10)14(17)18/h4-5,7,9,13H,6,8H2,1-3H3. The number of carbonyl (C=O) groups is 2. The molecule has 0 saturated heterocycles. The Morgan fingerprint density at radius 1 is 1.45 bits per heavy atom.